The van der Waals surface area contributed by atoms with Gasteiger partial charge in [-0.25, -0.2) is 4.98 Å². The molecular weight excluding hydrogens is 300 g/mol. The molecular formula is C16H18N2OS2. The highest BCUT2D eigenvalue weighted by Gasteiger charge is 2.23. The van der Waals surface area contributed by atoms with Crippen LogP contribution >= 0.6 is 23.1 Å². The van der Waals surface area contributed by atoms with E-state index in [9.17, 15) is 4.79 Å². The van der Waals surface area contributed by atoms with E-state index in [4.69, 9.17) is 0 Å². The number of amides is 1. The highest BCUT2D eigenvalue weighted by atomic mass is 32.2. The van der Waals surface area contributed by atoms with Crippen LogP contribution in [0.1, 0.15) is 24.8 Å². The van der Waals surface area contributed by atoms with Crippen molar-refractivity contribution < 1.29 is 4.79 Å². The fourth-order valence-electron chi connectivity index (χ4n) is 2.31. The van der Waals surface area contributed by atoms with Gasteiger partial charge in [-0.3, -0.25) is 4.79 Å². The molecule has 1 aliphatic heterocycles. The molecule has 0 spiro atoms. The molecule has 0 aliphatic carbocycles. The lowest BCUT2D eigenvalue weighted by molar-refractivity contribution is -0.120. The molecule has 1 aliphatic rings. The first-order valence-electron chi connectivity index (χ1n) is 7.19. The average molecular weight is 318 g/mol. The molecule has 21 heavy (non-hydrogen) atoms. The number of hydrogen-bond acceptors (Lipinski definition) is 4. The summed E-state index contributed by atoms with van der Waals surface area (Å²) in [6, 6.07) is 8.38. The molecule has 1 aromatic heterocycles. The van der Waals surface area contributed by atoms with Crippen molar-refractivity contribution in [1.29, 1.82) is 0 Å². The predicted octanol–water partition coefficient (Wildman–Crippen LogP) is 3.88. The minimum atomic E-state index is 0.00418. The van der Waals surface area contributed by atoms with Crippen molar-refractivity contribution in [2.24, 2.45) is 0 Å². The summed E-state index contributed by atoms with van der Waals surface area (Å²) in [5, 5.41) is 5.05. The number of thiazole rings is 1. The van der Waals surface area contributed by atoms with Gasteiger partial charge in [-0.05, 0) is 19.8 Å². The number of nitrogens with zero attached hydrogens (tertiary/aromatic N) is 1. The molecule has 2 aromatic rings. The molecule has 1 amide bonds. The molecule has 3 nitrogen and oxygen atoms in total. The molecule has 0 unspecified atom stereocenters. The summed E-state index contributed by atoms with van der Waals surface area (Å²) < 4.78 is 0.979. The summed E-state index contributed by atoms with van der Waals surface area (Å²) in [4.78, 5) is 16.6. The summed E-state index contributed by atoms with van der Waals surface area (Å²) in [7, 11) is 0. The maximum Gasteiger partial charge on any atom is 0.233 e. The standard InChI is InChI=1S/C16H18N2OS2/c1-11-5-7-12(8-6-11)13-10-20-16(18-13)21-14-4-2-3-9-17-15(14)19/h5-8,10,14H,2-4,9H2,1H3,(H,17,19)/t14-/m0/s1. The van der Waals surface area contributed by atoms with E-state index < -0.39 is 0 Å². The van der Waals surface area contributed by atoms with Crippen LogP contribution in [0.15, 0.2) is 34.0 Å². The van der Waals surface area contributed by atoms with Crippen LogP contribution in [0.2, 0.25) is 0 Å². The predicted molar refractivity (Wildman–Crippen MR) is 88.8 cm³/mol. The number of benzene rings is 1. The Hall–Kier alpha value is -1.33. The van der Waals surface area contributed by atoms with Gasteiger partial charge in [0.25, 0.3) is 0 Å². The second-order valence-corrected chi connectivity index (χ2v) is 7.57. The van der Waals surface area contributed by atoms with E-state index in [1.54, 1.807) is 23.1 Å². The number of aryl methyl sites for hydroxylation is 1. The molecule has 0 radical (unpaired) electrons. The molecule has 0 bridgehead atoms. The van der Waals surface area contributed by atoms with Gasteiger partial charge in [0.2, 0.25) is 5.91 Å². The van der Waals surface area contributed by atoms with Crippen molar-refractivity contribution in [2.75, 3.05) is 6.54 Å². The SMILES string of the molecule is Cc1ccc(-c2csc(S[C@H]3CCCCNC3=O)n2)cc1. The second kappa shape index (κ2) is 6.62. The highest BCUT2D eigenvalue weighted by molar-refractivity contribution is 8.02. The van der Waals surface area contributed by atoms with Crippen molar-refractivity contribution in [3.05, 3.63) is 35.2 Å². The van der Waals surface area contributed by atoms with E-state index in [0.717, 1.165) is 41.4 Å². The summed E-state index contributed by atoms with van der Waals surface area (Å²) in [6.45, 7) is 2.89. The fraction of sp³-hybridized carbons (Fsp3) is 0.375. The van der Waals surface area contributed by atoms with Crippen LogP contribution in [0.3, 0.4) is 0 Å². The first-order valence-corrected chi connectivity index (χ1v) is 8.95. The van der Waals surface area contributed by atoms with Crippen LogP contribution in [0, 0.1) is 6.92 Å². The quantitative estimate of drug-likeness (QED) is 0.934. The molecule has 1 fully saturated rings. The van der Waals surface area contributed by atoms with Crippen molar-refractivity contribution in [2.45, 2.75) is 35.8 Å². The Balaban J connectivity index is 1.72. The Bertz CT molecular complexity index is 621. The van der Waals surface area contributed by atoms with Gasteiger partial charge in [0, 0.05) is 17.5 Å². The van der Waals surface area contributed by atoms with Crippen molar-refractivity contribution in [1.82, 2.24) is 10.3 Å². The molecule has 1 aromatic carbocycles. The van der Waals surface area contributed by atoms with Gasteiger partial charge in [0.05, 0.1) is 10.9 Å². The molecule has 110 valence electrons. The Labute approximate surface area is 133 Å². The smallest absolute Gasteiger partial charge is 0.233 e. The number of nitrogens with one attached hydrogen (secondary N) is 1. The van der Waals surface area contributed by atoms with Gasteiger partial charge in [-0.2, -0.15) is 0 Å². The fourth-order valence-corrected chi connectivity index (χ4v) is 4.45. The zero-order chi connectivity index (χ0) is 14.7. The third-order valence-corrected chi connectivity index (χ3v) is 5.80. The normalized spacial score (nSPS) is 19.1. The molecule has 5 heteroatoms. The van der Waals surface area contributed by atoms with Gasteiger partial charge in [-0.1, -0.05) is 48.0 Å². The zero-order valence-electron chi connectivity index (χ0n) is 12.0. The van der Waals surface area contributed by atoms with Crippen LogP contribution in [0.25, 0.3) is 11.3 Å². The van der Waals surface area contributed by atoms with E-state index in [0.29, 0.717) is 0 Å². The zero-order valence-corrected chi connectivity index (χ0v) is 13.6. The summed E-state index contributed by atoms with van der Waals surface area (Å²) in [5.41, 5.74) is 3.38. The van der Waals surface area contributed by atoms with Crippen molar-refractivity contribution >= 4 is 29.0 Å². The van der Waals surface area contributed by atoms with Gasteiger partial charge in [0.15, 0.2) is 4.34 Å². The van der Waals surface area contributed by atoms with Crippen molar-refractivity contribution in [3.63, 3.8) is 0 Å². The van der Waals surface area contributed by atoms with Gasteiger partial charge in [-0.15, -0.1) is 11.3 Å². The lowest BCUT2D eigenvalue weighted by Gasteiger charge is -2.10. The molecule has 2 heterocycles. The topological polar surface area (TPSA) is 42.0 Å². The van der Waals surface area contributed by atoms with Crippen LogP contribution in [-0.4, -0.2) is 22.7 Å². The van der Waals surface area contributed by atoms with E-state index >= 15 is 0 Å². The Morgan fingerprint density at radius 3 is 2.90 bits per heavy atom. The highest BCUT2D eigenvalue weighted by Crippen LogP contribution is 2.33. The number of rotatable bonds is 3. The van der Waals surface area contributed by atoms with E-state index in [1.165, 1.54) is 5.56 Å². The Morgan fingerprint density at radius 2 is 2.10 bits per heavy atom. The van der Waals surface area contributed by atoms with Gasteiger partial charge in [0.1, 0.15) is 0 Å². The van der Waals surface area contributed by atoms with Gasteiger partial charge < -0.3 is 5.32 Å². The van der Waals surface area contributed by atoms with Crippen LogP contribution in [0.5, 0.6) is 0 Å². The summed E-state index contributed by atoms with van der Waals surface area (Å²) in [6.07, 6.45) is 3.12. The minimum Gasteiger partial charge on any atom is -0.355 e. The molecule has 1 N–H and O–H groups in total. The number of carbonyl (C=O) groups excluding carboxylic acids is 1. The lowest BCUT2D eigenvalue weighted by Crippen LogP contribution is -2.30. The Morgan fingerprint density at radius 1 is 1.29 bits per heavy atom. The Kier molecular flexibility index (Phi) is 4.60. The van der Waals surface area contributed by atoms with Crippen LogP contribution < -0.4 is 5.32 Å². The van der Waals surface area contributed by atoms with E-state index in [1.807, 2.05) is 0 Å². The number of thioether (sulfide) groups is 1. The average Bonchev–Trinajstić information content (AvgIpc) is 2.85. The number of hydrogen-bond donors (Lipinski definition) is 1. The lowest BCUT2D eigenvalue weighted by atomic mass is 10.1. The first kappa shape index (κ1) is 14.6. The number of carbonyl (C=O) groups is 1. The maximum atomic E-state index is 12.0. The molecule has 0 saturated carbocycles. The maximum absolute atomic E-state index is 12.0. The van der Waals surface area contributed by atoms with Crippen LogP contribution in [-0.2, 0) is 4.79 Å². The third kappa shape index (κ3) is 3.66. The monoisotopic (exact) mass is 318 g/mol. The van der Waals surface area contributed by atoms with Gasteiger partial charge >= 0.3 is 0 Å². The molecule has 1 saturated heterocycles. The minimum absolute atomic E-state index is 0.00418. The van der Waals surface area contributed by atoms with Crippen molar-refractivity contribution in [3.8, 4) is 11.3 Å². The molecule has 1 atom stereocenters. The number of aromatic nitrogens is 1. The first-order chi connectivity index (χ1) is 10.2. The second-order valence-electron chi connectivity index (χ2n) is 5.26. The largest absolute Gasteiger partial charge is 0.355 e. The van der Waals surface area contributed by atoms with E-state index in [-0.39, 0.29) is 11.2 Å². The molecule has 3 rings (SSSR count). The van der Waals surface area contributed by atoms with E-state index in [2.05, 4.69) is 46.9 Å². The summed E-state index contributed by atoms with van der Waals surface area (Å²) >= 11 is 3.22. The summed E-state index contributed by atoms with van der Waals surface area (Å²) in [5.74, 6) is 0.157. The van der Waals surface area contributed by atoms with Crippen LogP contribution in [0.4, 0.5) is 0 Å². The third-order valence-electron chi connectivity index (χ3n) is 3.56.